The van der Waals surface area contributed by atoms with Crippen molar-refractivity contribution in [3.63, 3.8) is 0 Å². The Morgan fingerprint density at radius 2 is 2.10 bits per heavy atom. The number of nitrogens with zero attached hydrogens (tertiary/aromatic N) is 5. The lowest BCUT2D eigenvalue weighted by Crippen LogP contribution is -2.22. The van der Waals surface area contributed by atoms with Crippen molar-refractivity contribution in [3.8, 4) is 0 Å². The molecule has 3 aromatic rings. The number of fused-ring (bicyclic) bond motifs is 1. The van der Waals surface area contributed by atoms with Gasteiger partial charge in [-0.25, -0.2) is 4.79 Å². The van der Waals surface area contributed by atoms with Gasteiger partial charge in [-0.3, -0.25) is 15.1 Å². The molecule has 1 aliphatic heterocycles. The highest BCUT2D eigenvalue weighted by atomic mass is 16.2. The Kier molecular flexibility index (Phi) is 4.04. The second-order valence-corrected chi connectivity index (χ2v) is 6.77. The van der Waals surface area contributed by atoms with Crippen LogP contribution in [0, 0.1) is 0 Å². The van der Waals surface area contributed by atoms with Crippen LogP contribution >= 0.6 is 0 Å². The lowest BCUT2D eigenvalue weighted by molar-refractivity contribution is -0.115. The van der Waals surface area contributed by atoms with Gasteiger partial charge in [0.1, 0.15) is 5.70 Å². The number of anilines is 2. The van der Waals surface area contributed by atoms with Crippen LogP contribution in [0.25, 0.3) is 11.7 Å². The first-order valence-corrected chi connectivity index (χ1v) is 9.16. The molecule has 4 heterocycles. The van der Waals surface area contributed by atoms with Crippen molar-refractivity contribution in [1.29, 1.82) is 0 Å². The maximum absolute atomic E-state index is 11.8. The van der Waals surface area contributed by atoms with Gasteiger partial charge in [-0.15, -0.1) is 0 Å². The van der Waals surface area contributed by atoms with Crippen LogP contribution < -0.4 is 21.3 Å². The van der Waals surface area contributed by atoms with Crippen molar-refractivity contribution < 1.29 is 9.59 Å². The molecule has 0 radical (unpaired) electrons. The molecule has 0 aromatic carbocycles. The Morgan fingerprint density at radius 1 is 1.21 bits per heavy atom. The SMILES string of the molecule is O=C1NC(=O)/C(=C/c2cnn3c(NC4CC4)nc(NCc4ccccn4)nc23)N1. The second kappa shape index (κ2) is 6.86. The standard InChI is InChI=1S/C18H17N9O2/c28-15-13(23-18(29)25-15)7-10-8-21-27-14(10)24-16(26-17(27)22-11-4-5-11)20-9-12-3-1-2-6-19-12/h1-3,6-8,11H,4-5,9H2,(H2,20,22,24,26)(H2,23,25,28,29)/b13-7-. The Hall–Kier alpha value is -4.02. The normalized spacial score (nSPS) is 17.4. The Morgan fingerprint density at radius 3 is 2.83 bits per heavy atom. The van der Waals surface area contributed by atoms with E-state index in [1.807, 2.05) is 18.2 Å². The summed E-state index contributed by atoms with van der Waals surface area (Å²) < 4.78 is 1.59. The molecule has 1 saturated heterocycles. The minimum absolute atomic E-state index is 0.142. The van der Waals surface area contributed by atoms with Crippen LogP contribution in [0.4, 0.5) is 16.7 Å². The van der Waals surface area contributed by atoms with Gasteiger partial charge in [0.2, 0.25) is 11.9 Å². The van der Waals surface area contributed by atoms with E-state index >= 15 is 0 Å². The predicted molar refractivity (Wildman–Crippen MR) is 104 cm³/mol. The summed E-state index contributed by atoms with van der Waals surface area (Å²) in [6.45, 7) is 0.461. The zero-order chi connectivity index (χ0) is 19.8. The zero-order valence-electron chi connectivity index (χ0n) is 15.2. The summed E-state index contributed by atoms with van der Waals surface area (Å²) in [5, 5.41) is 15.5. The first-order valence-electron chi connectivity index (χ1n) is 9.16. The molecule has 0 atom stereocenters. The second-order valence-electron chi connectivity index (χ2n) is 6.77. The van der Waals surface area contributed by atoms with Crippen molar-refractivity contribution in [3.05, 3.63) is 47.5 Å². The van der Waals surface area contributed by atoms with Gasteiger partial charge in [0.25, 0.3) is 5.91 Å². The molecule has 3 aromatic heterocycles. The summed E-state index contributed by atoms with van der Waals surface area (Å²) in [5.74, 6) is 0.477. The monoisotopic (exact) mass is 391 g/mol. The highest BCUT2D eigenvalue weighted by molar-refractivity contribution is 6.14. The smallest absolute Gasteiger partial charge is 0.326 e. The molecule has 5 rings (SSSR count). The largest absolute Gasteiger partial charge is 0.351 e. The molecule has 3 amide bonds. The van der Waals surface area contributed by atoms with Crippen LogP contribution in [0.2, 0.25) is 0 Å². The minimum Gasteiger partial charge on any atom is -0.351 e. The van der Waals surface area contributed by atoms with Crippen LogP contribution in [-0.4, -0.2) is 42.5 Å². The third-order valence-electron chi connectivity index (χ3n) is 4.48. The lowest BCUT2D eigenvalue weighted by Gasteiger charge is -2.10. The van der Waals surface area contributed by atoms with E-state index in [0.29, 0.717) is 35.7 Å². The first-order chi connectivity index (χ1) is 14.2. The maximum Gasteiger partial charge on any atom is 0.326 e. The number of rotatable bonds is 6. The molecule has 11 nitrogen and oxygen atoms in total. The molecule has 0 bridgehead atoms. The topological polar surface area (TPSA) is 138 Å². The van der Waals surface area contributed by atoms with Crippen molar-refractivity contribution in [1.82, 2.24) is 35.2 Å². The summed E-state index contributed by atoms with van der Waals surface area (Å²) >= 11 is 0. The molecule has 2 aliphatic rings. The average molecular weight is 391 g/mol. The average Bonchev–Trinajstić information content (AvgIpc) is 3.36. The first kappa shape index (κ1) is 17.1. The fourth-order valence-corrected chi connectivity index (χ4v) is 2.89. The molecule has 0 unspecified atom stereocenters. The van der Waals surface area contributed by atoms with E-state index in [-0.39, 0.29) is 5.70 Å². The quantitative estimate of drug-likeness (QED) is 0.359. The number of imide groups is 1. The van der Waals surface area contributed by atoms with Gasteiger partial charge in [0.05, 0.1) is 18.4 Å². The number of carbonyl (C=O) groups is 2. The number of carbonyl (C=O) groups excluding carboxylic acids is 2. The van der Waals surface area contributed by atoms with Crippen LogP contribution in [0.1, 0.15) is 24.1 Å². The van der Waals surface area contributed by atoms with Crippen LogP contribution in [0.3, 0.4) is 0 Å². The van der Waals surface area contributed by atoms with E-state index in [1.54, 1.807) is 23.0 Å². The van der Waals surface area contributed by atoms with Gasteiger partial charge < -0.3 is 16.0 Å². The summed E-state index contributed by atoms with van der Waals surface area (Å²) in [7, 11) is 0. The molecule has 11 heteroatoms. The fraction of sp³-hybridized carbons (Fsp3) is 0.222. The molecule has 0 spiro atoms. The highest BCUT2D eigenvalue weighted by Gasteiger charge is 2.25. The summed E-state index contributed by atoms with van der Waals surface area (Å²) in [6.07, 6.45) is 7.00. The number of aromatic nitrogens is 5. The van der Waals surface area contributed by atoms with E-state index in [9.17, 15) is 9.59 Å². The van der Waals surface area contributed by atoms with E-state index in [2.05, 4.69) is 41.3 Å². The third-order valence-corrected chi connectivity index (χ3v) is 4.48. The third kappa shape index (κ3) is 3.57. The van der Waals surface area contributed by atoms with Gasteiger partial charge in [0, 0.05) is 17.8 Å². The van der Waals surface area contributed by atoms with Crippen molar-refractivity contribution in [2.45, 2.75) is 25.4 Å². The summed E-state index contributed by atoms with van der Waals surface area (Å²) in [6, 6.07) is 5.48. The van der Waals surface area contributed by atoms with E-state index in [0.717, 1.165) is 18.5 Å². The van der Waals surface area contributed by atoms with Gasteiger partial charge in [-0.2, -0.15) is 19.6 Å². The Labute approximate surface area is 164 Å². The number of urea groups is 1. The number of hydrogen-bond acceptors (Lipinski definition) is 8. The minimum atomic E-state index is -0.554. The molecule has 1 saturated carbocycles. The number of hydrogen-bond donors (Lipinski definition) is 4. The highest BCUT2D eigenvalue weighted by Crippen LogP contribution is 2.25. The van der Waals surface area contributed by atoms with Gasteiger partial charge >= 0.3 is 6.03 Å². The predicted octanol–water partition coefficient (Wildman–Crippen LogP) is 0.886. The molecular formula is C18H17N9O2. The van der Waals surface area contributed by atoms with E-state index in [1.165, 1.54) is 0 Å². The van der Waals surface area contributed by atoms with Gasteiger partial charge in [0.15, 0.2) is 5.65 Å². The molecule has 146 valence electrons. The Balaban J connectivity index is 1.51. The summed E-state index contributed by atoms with van der Waals surface area (Å²) in [4.78, 5) is 36.6. The van der Waals surface area contributed by atoms with Crippen molar-refractivity contribution in [2.24, 2.45) is 0 Å². The molecular weight excluding hydrogens is 374 g/mol. The lowest BCUT2D eigenvalue weighted by atomic mass is 10.2. The zero-order valence-corrected chi connectivity index (χ0v) is 15.2. The molecule has 4 N–H and O–H groups in total. The maximum atomic E-state index is 11.8. The Bertz CT molecular complexity index is 1130. The van der Waals surface area contributed by atoms with Crippen molar-refractivity contribution >= 4 is 35.6 Å². The van der Waals surface area contributed by atoms with Crippen LogP contribution in [0.5, 0.6) is 0 Å². The fourth-order valence-electron chi connectivity index (χ4n) is 2.89. The van der Waals surface area contributed by atoms with E-state index in [4.69, 9.17) is 0 Å². The number of amides is 3. The molecule has 2 fully saturated rings. The molecule has 1 aliphatic carbocycles. The number of pyridine rings is 1. The molecule has 29 heavy (non-hydrogen) atoms. The van der Waals surface area contributed by atoms with Crippen molar-refractivity contribution in [2.75, 3.05) is 10.6 Å². The van der Waals surface area contributed by atoms with Crippen LogP contribution in [-0.2, 0) is 11.3 Å². The number of nitrogens with one attached hydrogen (secondary N) is 4. The summed E-state index contributed by atoms with van der Waals surface area (Å²) in [5.41, 5.74) is 2.09. The van der Waals surface area contributed by atoms with Gasteiger partial charge in [-0.05, 0) is 31.1 Å². The van der Waals surface area contributed by atoms with Crippen LogP contribution in [0.15, 0.2) is 36.3 Å². The van der Waals surface area contributed by atoms with Gasteiger partial charge in [-0.1, -0.05) is 6.07 Å². The van der Waals surface area contributed by atoms with E-state index < -0.39 is 11.9 Å².